The average Bonchev–Trinajstić information content (AvgIpc) is 2.93. The maximum absolute atomic E-state index is 8.71. The lowest BCUT2D eigenvalue weighted by molar-refractivity contribution is 0.174. The highest BCUT2D eigenvalue weighted by atomic mass is 16.7. The van der Waals surface area contributed by atoms with Gasteiger partial charge in [-0.3, -0.25) is 0 Å². The van der Waals surface area contributed by atoms with E-state index in [-0.39, 0.29) is 6.79 Å². The molecule has 1 aliphatic rings. The second-order valence-electron chi connectivity index (χ2n) is 4.11. The Balaban J connectivity index is 1.67. The van der Waals surface area contributed by atoms with E-state index in [9.17, 15) is 0 Å². The van der Waals surface area contributed by atoms with Crippen LogP contribution in [0.25, 0.3) is 0 Å². The maximum atomic E-state index is 8.71. The summed E-state index contributed by atoms with van der Waals surface area (Å²) in [5, 5.41) is 8.71. The van der Waals surface area contributed by atoms with Crippen molar-refractivity contribution in [3.05, 3.63) is 53.6 Å². The minimum Gasteiger partial charge on any atom is -0.489 e. The number of nitrogens with zero attached hydrogens (tertiary/aromatic N) is 1. The number of rotatable bonds is 3. The van der Waals surface area contributed by atoms with Crippen molar-refractivity contribution in [2.24, 2.45) is 0 Å². The lowest BCUT2D eigenvalue weighted by atomic mass is 10.2. The van der Waals surface area contributed by atoms with Crippen molar-refractivity contribution >= 4 is 0 Å². The predicted molar refractivity (Wildman–Crippen MR) is 68.1 cm³/mol. The van der Waals surface area contributed by atoms with E-state index in [1.807, 2.05) is 18.2 Å². The predicted octanol–water partition coefficient (Wildman–Crippen LogP) is 2.87. The highest BCUT2D eigenvalue weighted by Crippen LogP contribution is 2.32. The molecular weight excluding hydrogens is 242 g/mol. The van der Waals surface area contributed by atoms with Crippen LogP contribution in [0.15, 0.2) is 42.5 Å². The molecule has 0 aliphatic carbocycles. The SMILES string of the molecule is N#Cc1ccc(OCc2ccc3c(c2)OCO3)cc1. The second-order valence-corrected chi connectivity index (χ2v) is 4.11. The van der Waals surface area contributed by atoms with Gasteiger partial charge in [0.15, 0.2) is 11.5 Å². The Kier molecular flexibility index (Phi) is 2.95. The first-order chi connectivity index (χ1) is 9.35. The molecule has 4 heteroatoms. The fourth-order valence-electron chi connectivity index (χ4n) is 1.82. The highest BCUT2D eigenvalue weighted by Gasteiger charge is 2.13. The van der Waals surface area contributed by atoms with Crippen molar-refractivity contribution in [2.45, 2.75) is 6.61 Å². The van der Waals surface area contributed by atoms with Crippen LogP contribution in [0.2, 0.25) is 0 Å². The molecule has 2 aromatic rings. The molecule has 0 unspecified atom stereocenters. The first-order valence-corrected chi connectivity index (χ1v) is 5.86. The number of hydrogen-bond donors (Lipinski definition) is 0. The highest BCUT2D eigenvalue weighted by molar-refractivity contribution is 5.44. The topological polar surface area (TPSA) is 51.5 Å². The standard InChI is InChI=1S/C15H11NO3/c16-8-11-1-4-13(5-2-11)17-9-12-3-6-14-15(7-12)19-10-18-14/h1-7H,9-10H2. The van der Waals surface area contributed by atoms with Crippen molar-refractivity contribution < 1.29 is 14.2 Å². The van der Waals surface area contributed by atoms with E-state index in [0.717, 1.165) is 22.8 Å². The quantitative estimate of drug-likeness (QED) is 0.844. The summed E-state index contributed by atoms with van der Waals surface area (Å²) >= 11 is 0. The average molecular weight is 253 g/mol. The van der Waals surface area contributed by atoms with Crippen LogP contribution < -0.4 is 14.2 Å². The van der Waals surface area contributed by atoms with Crippen LogP contribution >= 0.6 is 0 Å². The monoisotopic (exact) mass is 253 g/mol. The zero-order chi connectivity index (χ0) is 13.1. The summed E-state index contributed by atoms with van der Waals surface area (Å²) < 4.78 is 16.2. The Morgan fingerprint density at radius 1 is 1.05 bits per heavy atom. The zero-order valence-electron chi connectivity index (χ0n) is 10.1. The van der Waals surface area contributed by atoms with Gasteiger partial charge in [0.2, 0.25) is 6.79 Å². The van der Waals surface area contributed by atoms with Crippen molar-refractivity contribution in [3.8, 4) is 23.3 Å². The van der Waals surface area contributed by atoms with Gasteiger partial charge in [-0.1, -0.05) is 6.07 Å². The zero-order valence-corrected chi connectivity index (χ0v) is 10.1. The molecular formula is C15H11NO3. The lowest BCUT2D eigenvalue weighted by Crippen LogP contribution is -1.95. The maximum Gasteiger partial charge on any atom is 0.231 e. The lowest BCUT2D eigenvalue weighted by Gasteiger charge is -2.06. The van der Waals surface area contributed by atoms with E-state index in [1.54, 1.807) is 24.3 Å². The van der Waals surface area contributed by atoms with Crippen LogP contribution in [0, 0.1) is 11.3 Å². The van der Waals surface area contributed by atoms with Crippen LogP contribution in [-0.4, -0.2) is 6.79 Å². The van der Waals surface area contributed by atoms with Gasteiger partial charge in [0.25, 0.3) is 0 Å². The van der Waals surface area contributed by atoms with E-state index in [2.05, 4.69) is 6.07 Å². The van der Waals surface area contributed by atoms with Crippen molar-refractivity contribution in [3.63, 3.8) is 0 Å². The molecule has 0 bridgehead atoms. The third-order valence-corrected chi connectivity index (χ3v) is 2.83. The minimum absolute atomic E-state index is 0.273. The van der Waals surface area contributed by atoms with Gasteiger partial charge in [-0.15, -0.1) is 0 Å². The molecule has 0 atom stereocenters. The molecule has 1 aliphatic heterocycles. The minimum atomic E-state index is 0.273. The number of nitriles is 1. The Bertz CT molecular complexity index is 629. The fraction of sp³-hybridized carbons (Fsp3) is 0.133. The number of fused-ring (bicyclic) bond motifs is 1. The Morgan fingerprint density at radius 3 is 2.63 bits per heavy atom. The largest absolute Gasteiger partial charge is 0.489 e. The van der Waals surface area contributed by atoms with Crippen molar-refractivity contribution in [1.29, 1.82) is 5.26 Å². The molecule has 0 saturated heterocycles. The van der Waals surface area contributed by atoms with E-state index < -0.39 is 0 Å². The summed E-state index contributed by atoms with van der Waals surface area (Å²) in [5.41, 5.74) is 1.63. The third kappa shape index (κ3) is 2.45. The van der Waals surface area contributed by atoms with E-state index in [1.165, 1.54) is 0 Å². The molecule has 0 amide bonds. The van der Waals surface area contributed by atoms with Gasteiger partial charge < -0.3 is 14.2 Å². The fourth-order valence-corrected chi connectivity index (χ4v) is 1.82. The molecule has 0 fully saturated rings. The van der Waals surface area contributed by atoms with Gasteiger partial charge in [0.1, 0.15) is 12.4 Å². The molecule has 4 nitrogen and oxygen atoms in total. The van der Waals surface area contributed by atoms with Gasteiger partial charge in [-0.2, -0.15) is 5.26 Å². The van der Waals surface area contributed by atoms with Crippen LogP contribution in [0.5, 0.6) is 17.2 Å². The third-order valence-electron chi connectivity index (χ3n) is 2.83. The van der Waals surface area contributed by atoms with Gasteiger partial charge in [0.05, 0.1) is 11.6 Å². The van der Waals surface area contributed by atoms with Crippen LogP contribution in [-0.2, 0) is 6.61 Å². The molecule has 0 radical (unpaired) electrons. The molecule has 2 aromatic carbocycles. The summed E-state index contributed by atoms with van der Waals surface area (Å²) in [5.74, 6) is 2.25. The Morgan fingerprint density at radius 2 is 1.84 bits per heavy atom. The van der Waals surface area contributed by atoms with E-state index >= 15 is 0 Å². The first-order valence-electron chi connectivity index (χ1n) is 5.86. The van der Waals surface area contributed by atoms with Gasteiger partial charge in [0, 0.05) is 0 Å². The van der Waals surface area contributed by atoms with Gasteiger partial charge in [-0.25, -0.2) is 0 Å². The first kappa shape index (κ1) is 11.4. The van der Waals surface area contributed by atoms with Crippen LogP contribution in [0.3, 0.4) is 0 Å². The summed E-state index contributed by atoms with van der Waals surface area (Å²) in [6, 6.07) is 14.8. The molecule has 0 saturated carbocycles. The van der Waals surface area contributed by atoms with Crippen molar-refractivity contribution in [1.82, 2.24) is 0 Å². The molecule has 94 valence electrons. The molecule has 0 N–H and O–H groups in total. The number of ether oxygens (including phenoxy) is 3. The second kappa shape index (κ2) is 4.91. The molecule has 0 spiro atoms. The summed E-state index contributed by atoms with van der Waals surface area (Å²) in [6.07, 6.45) is 0. The van der Waals surface area contributed by atoms with Gasteiger partial charge >= 0.3 is 0 Å². The molecule has 3 rings (SSSR count). The number of benzene rings is 2. The van der Waals surface area contributed by atoms with E-state index in [4.69, 9.17) is 19.5 Å². The Hall–Kier alpha value is -2.67. The Labute approximate surface area is 110 Å². The summed E-state index contributed by atoms with van der Waals surface area (Å²) in [7, 11) is 0. The smallest absolute Gasteiger partial charge is 0.231 e. The summed E-state index contributed by atoms with van der Waals surface area (Å²) in [4.78, 5) is 0. The normalized spacial score (nSPS) is 11.9. The summed E-state index contributed by atoms with van der Waals surface area (Å²) in [6.45, 7) is 0.720. The van der Waals surface area contributed by atoms with Crippen LogP contribution in [0.1, 0.15) is 11.1 Å². The van der Waals surface area contributed by atoms with Gasteiger partial charge in [-0.05, 0) is 42.0 Å². The van der Waals surface area contributed by atoms with E-state index in [0.29, 0.717) is 12.2 Å². The van der Waals surface area contributed by atoms with Crippen LogP contribution in [0.4, 0.5) is 0 Å². The molecule has 0 aromatic heterocycles. The number of hydrogen-bond acceptors (Lipinski definition) is 4. The molecule has 19 heavy (non-hydrogen) atoms. The van der Waals surface area contributed by atoms with Crippen molar-refractivity contribution in [2.75, 3.05) is 6.79 Å². The molecule has 1 heterocycles.